The van der Waals surface area contributed by atoms with Crippen LogP contribution in [0.1, 0.15) is 19.8 Å². The Bertz CT molecular complexity index is 193. The summed E-state index contributed by atoms with van der Waals surface area (Å²) in [5.74, 6) is 0. The fourth-order valence-electron chi connectivity index (χ4n) is 1.77. The van der Waals surface area contributed by atoms with Crippen molar-refractivity contribution >= 4 is 6.09 Å². The maximum absolute atomic E-state index is 11.6. The number of hydrogen-bond donors (Lipinski definition) is 1. The summed E-state index contributed by atoms with van der Waals surface area (Å²) in [5, 5.41) is 0. The lowest BCUT2D eigenvalue weighted by atomic mass is 10.1. The first-order chi connectivity index (χ1) is 7.29. The lowest BCUT2D eigenvalue weighted by molar-refractivity contribution is 0.0283. The maximum atomic E-state index is 11.6. The maximum Gasteiger partial charge on any atom is 0.410 e. The van der Waals surface area contributed by atoms with Crippen LogP contribution in [0.15, 0.2) is 0 Å². The van der Waals surface area contributed by atoms with Crippen LogP contribution in [0.4, 0.5) is 4.79 Å². The van der Waals surface area contributed by atoms with E-state index in [0.717, 1.165) is 12.8 Å². The fourth-order valence-corrected chi connectivity index (χ4v) is 1.77. The molecule has 0 radical (unpaired) electrons. The van der Waals surface area contributed by atoms with Gasteiger partial charge in [-0.15, -0.1) is 0 Å². The molecular formula is C10H20N2O3. The van der Waals surface area contributed by atoms with E-state index in [2.05, 4.69) is 0 Å². The van der Waals surface area contributed by atoms with Gasteiger partial charge in [-0.05, 0) is 19.8 Å². The van der Waals surface area contributed by atoms with Crippen molar-refractivity contribution in [2.75, 3.05) is 32.9 Å². The number of carbonyl (C=O) groups excluding carboxylic acids is 1. The van der Waals surface area contributed by atoms with Crippen molar-refractivity contribution in [2.24, 2.45) is 5.73 Å². The summed E-state index contributed by atoms with van der Waals surface area (Å²) in [6.45, 7) is 4.67. The Hall–Kier alpha value is -0.810. The van der Waals surface area contributed by atoms with Gasteiger partial charge in [-0.3, -0.25) is 0 Å². The van der Waals surface area contributed by atoms with E-state index >= 15 is 0 Å². The molecule has 1 saturated heterocycles. The Morgan fingerprint density at radius 2 is 2.20 bits per heavy atom. The molecule has 0 aromatic heterocycles. The minimum absolute atomic E-state index is 0.223. The Morgan fingerprint density at radius 3 is 2.73 bits per heavy atom. The molecule has 2 N–H and O–H groups in total. The minimum atomic E-state index is -0.255. The van der Waals surface area contributed by atoms with Crippen molar-refractivity contribution in [3.8, 4) is 0 Å². The molecule has 0 aliphatic carbocycles. The van der Waals surface area contributed by atoms with Crippen LogP contribution in [0.3, 0.4) is 0 Å². The summed E-state index contributed by atoms with van der Waals surface area (Å²) in [6.07, 6.45) is 1.49. The average Bonchev–Trinajstić information content (AvgIpc) is 2.27. The van der Waals surface area contributed by atoms with Crippen LogP contribution in [0.5, 0.6) is 0 Å². The predicted molar refractivity (Wildman–Crippen MR) is 56.6 cm³/mol. The third-order valence-electron chi connectivity index (χ3n) is 2.50. The van der Waals surface area contributed by atoms with E-state index in [9.17, 15) is 4.79 Å². The van der Waals surface area contributed by atoms with Crippen molar-refractivity contribution in [2.45, 2.75) is 25.8 Å². The van der Waals surface area contributed by atoms with E-state index in [-0.39, 0.29) is 12.1 Å². The van der Waals surface area contributed by atoms with E-state index in [1.807, 2.05) is 6.92 Å². The highest BCUT2D eigenvalue weighted by molar-refractivity contribution is 5.68. The Balaban J connectivity index is 2.50. The van der Waals surface area contributed by atoms with Crippen molar-refractivity contribution < 1.29 is 14.3 Å². The van der Waals surface area contributed by atoms with Gasteiger partial charge in [0.1, 0.15) is 0 Å². The lowest BCUT2D eigenvalue weighted by Crippen LogP contribution is -2.46. The molecule has 1 heterocycles. The number of nitrogens with two attached hydrogens (primary N) is 1. The molecule has 0 spiro atoms. The summed E-state index contributed by atoms with van der Waals surface area (Å²) < 4.78 is 10.3. The smallest absolute Gasteiger partial charge is 0.410 e. The summed E-state index contributed by atoms with van der Waals surface area (Å²) >= 11 is 0. The first kappa shape index (κ1) is 12.3. The number of rotatable bonds is 4. The zero-order valence-corrected chi connectivity index (χ0v) is 9.28. The number of amides is 1. The molecule has 0 aromatic carbocycles. The van der Waals surface area contributed by atoms with Gasteiger partial charge in [-0.25, -0.2) is 4.79 Å². The Labute approximate surface area is 90.5 Å². The summed E-state index contributed by atoms with van der Waals surface area (Å²) in [6, 6.07) is 0.223. The summed E-state index contributed by atoms with van der Waals surface area (Å²) in [7, 11) is 0. The van der Waals surface area contributed by atoms with Gasteiger partial charge in [-0.1, -0.05) is 0 Å². The van der Waals surface area contributed by atoms with Crippen LogP contribution in [-0.4, -0.2) is 49.9 Å². The van der Waals surface area contributed by atoms with E-state index in [1.54, 1.807) is 4.90 Å². The van der Waals surface area contributed by atoms with Gasteiger partial charge in [0.25, 0.3) is 0 Å². The van der Waals surface area contributed by atoms with Gasteiger partial charge in [0.2, 0.25) is 0 Å². The first-order valence-electron chi connectivity index (χ1n) is 5.50. The van der Waals surface area contributed by atoms with Crippen LogP contribution in [0, 0.1) is 0 Å². The molecule has 1 amide bonds. The SMILES string of the molecule is CCOC(=O)N(CCN)C1CCOCC1. The highest BCUT2D eigenvalue weighted by atomic mass is 16.6. The standard InChI is InChI=1S/C10H20N2O3/c1-2-15-10(13)12(6-5-11)9-3-7-14-8-4-9/h9H,2-8,11H2,1H3. The van der Waals surface area contributed by atoms with Gasteiger partial charge in [0.15, 0.2) is 0 Å². The molecule has 5 nitrogen and oxygen atoms in total. The Kier molecular flexibility index (Phi) is 5.42. The number of nitrogens with zero attached hydrogens (tertiary/aromatic N) is 1. The molecule has 15 heavy (non-hydrogen) atoms. The van der Waals surface area contributed by atoms with Crippen LogP contribution < -0.4 is 5.73 Å². The molecule has 88 valence electrons. The minimum Gasteiger partial charge on any atom is -0.450 e. The second-order valence-electron chi connectivity index (χ2n) is 3.52. The van der Waals surface area contributed by atoms with Gasteiger partial charge >= 0.3 is 6.09 Å². The summed E-state index contributed by atoms with van der Waals surface area (Å²) in [5.41, 5.74) is 5.49. The molecule has 0 atom stereocenters. The van der Waals surface area contributed by atoms with E-state index in [0.29, 0.717) is 32.9 Å². The monoisotopic (exact) mass is 216 g/mol. The van der Waals surface area contributed by atoms with Crippen molar-refractivity contribution in [3.63, 3.8) is 0 Å². The molecule has 0 bridgehead atoms. The number of carbonyl (C=O) groups is 1. The van der Waals surface area contributed by atoms with E-state index in [1.165, 1.54) is 0 Å². The molecule has 0 saturated carbocycles. The molecule has 0 unspecified atom stereocenters. The second-order valence-corrected chi connectivity index (χ2v) is 3.52. The molecule has 1 rings (SSSR count). The largest absolute Gasteiger partial charge is 0.450 e. The summed E-state index contributed by atoms with van der Waals surface area (Å²) in [4.78, 5) is 13.4. The number of ether oxygens (including phenoxy) is 2. The topological polar surface area (TPSA) is 64.8 Å². The van der Waals surface area contributed by atoms with E-state index < -0.39 is 0 Å². The van der Waals surface area contributed by atoms with Gasteiger partial charge in [-0.2, -0.15) is 0 Å². The first-order valence-corrected chi connectivity index (χ1v) is 5.50. The van der Waals surface area contributed by atoms with Crippen LogP contribution in [0.2, 0.25) is 0 Å². The van der Waals surface area contributed by atoms with Crippen LogP contribution in [0.25, 0.3) is 0 Å². The third-order valence-corrected chi connectivity index (χ3v) is 2.50. The van der Waals surface area contributed by atoms with Gasteiger partial charge in [0, 0.05) is 32.3 Å². The molecule has 5 heteroatoms. The van der Waals surface area contributed by atoms with Crippen molar-refractivity contribution in [1.82, 2.24) is 4.90 Å². The fraction of sp³-hybridized carbons (Fsp3) is 0.900. The lowest BCUT2D eigenvalue weighted by Gasteiger charge is -2.33. The second kappa shape index (κ2) is 6.63. The molecule has 1 aliphatic rings. The van der Waals surface area contributed by atoms with Crippen LogP contribution >= 0.6 is 0 Å². The highest BCUT2D eigenvalue weighted by Crippen LogP contribution is 2.14. The normalized spacial score (nSPS) is 17.5. The van der Waals surface area contributed by atoms with Gasteiger partial charge in [0.05, 0.1) is 6.61 Å². The molecule has 1 fully saturated rings. The average molecular weight is 216 g/mol. The predicted octanol–water partition coefficient (Wildman–Crippen LogP) is 0.583. The van der Waals surface area contributed by atoms with Gasteiger partial charge < -0.3 is 20.1 Å². The quantitative estimate of drug-likeness (QED) is 0.746. The van der Waals surface area contributed by atoms with E-state index in [4.69, 9.17) is 15.2 Å². The molecule has 0 aromatic rings. The molecular weight excluding hydrogens is 196 g/mol. The Morgan fingerprint density at radius 1 is 1.53 bits per heavy atom. The zero-order chi connectivity index (χ0) is 11.1. The van der Waals surface area contributed by atoms with Crippen LogP contribution in [-0.2, 0) is 9.47 Å². The highest BCUT2D eigenvalue weighted by Gasteiger charge is 2.25. The number of hydrogen-bond acceptors (Lipinski definition) is 4. The van der Waals surface area contributed by atoms with Crippen molar-refractivity contribution in [3.05, 3.63) is 0 Å². The molecule has 1 aliphatic heterocycles. The zero-order valence-electron chi connectivity index (χ0n) is 9.28. The van der Waals surface area contributed by atoms with Crippen molar-refractivity contribution in [1.29, 1.82) is 0 Å². The third kappa shape index (κ3) is 3.68.